The molecule has 1 aromatic rings. The Morgan fingerprint density at radius 1 is 1.38 bits per heavy atom. The Hall–Kier alpha value is -1.40. The molecule has 2 fully saturated rings. The summed E-state index contributed by atoms with van der Waals surface area (Å²) in [5.41, 5.74) is 6.95. The first-order valence-corrected chi connectivity index (χ1v) is 7.82. The highest BCUT2D eigenvalue weighted by molar-refractivity contribution is 5.80. The molecule has 0 radical (unpaired) electrons. The van der Waals surface area contributed by atoms with Gasteiger partial charge in [-0.15, -0.1) is 0 Å². The number of hydrogen-bond donors (Lipinski definition) is 1. The molecule has 1 saturated heterocycles. The fraction of sp³-hybridized carbons (Fsp3) is 0.733. The van der Waals surface area contributed by atoms with E-state index in [1.54, 1.807) is 0 Å². The van der Waals surface area contributed by atoms with Gasteiger partial charge in [0.1, 0.15) is 0 Å². The molecule has 6 heteroatoms. The molecule has 116 valence electrons. The molecular formula is C15H24N4O2. The predicted molar refractivity (Wildman–Crippen MR) is 78.4 cm³/mol. The number of carbonyl (C=O) groups is 1. The van der Waals surface area contributed by atoms with Gasteiger partial charge in [-0.1, -0.05) is 11.6 Å². The van der Waals surface area contributed by atoms with Gasteiger partial charge < -0.3 is 15.2 Å². The van der Waals surface area contributed by atoms with Crippen LogP contribution in [0.3, 0.4) is 0 Å². The average molecular weight is 292 g/mol. The lowest BCUT2D eigenvalue weighted by molar-refractivity contribution is -0.137. The predicted octanol–water partition coefficient (Wildman–Crippen LogP) is 0.755. The van der Waals surface area contributed by atoms with Gasteiger partial charge in [0, 0.05) is 38.3 Å². The van der Waals surface area contributed by atoms with E-state index >= 15 is 0 Å². The Bertz CT molecular complexity index is 494. The van der Waals surface area contributed by atoms with Crippen LogP contribution in [-0.2, 0) is 11.3 Å². The molecule has 21 heavy (non-hydrogen) atoms. The fourth-order valence-corrected chi connectivity index (χ4v) is 3.37. The molecule has 2 N–H and O–H groups in total. The third kappa shape index (κ3) is 3.27. The van der Waals surface area contributed by atoms with Crippen molar-refractivity contribution in [3.63, 3.8) is 0 Å². The second-order valence-corrected chi connectivity index (χ2v) is 6.24. The molecular weight excluding hydrogens is 268 g/mol. The summed E-state index contributed by atoms with van der Waals surface area (Å²) in [4.78, 5) is 16.8. The lowest BCUT2D eigenvalue weighted by Crippen LogP contribution is -2.51. The summed E-state index contributed by atoms with van der Waals surface area (Å²) < 4.78 is 5.25. The van der Waals surface area contributed by atoms with Crippen molar-refractivity contribution in [3.05, 3.63) is 17.5 Å². The summed E-state index contributed by atoms with van der Waals surface area (Å²) in [6.45, 7) is 6.03. The Kier molecular flexibility index (Phi) is 4.26. The highest BCUT2D eigenvalue weighted by Crippen LogP contribution is 2.26. The Morgan fingerprint density at radius 2 is 2.14 bits per heavy atom. The maximum Gasteiger partial charge on any atom is 0.227 e. The van der Waals surface area contributed by atoms with Crippen LogP contribution < -0.4 is 5.73 Å². The molecule has 0 spiro atoms. The van der Waals surface area contributed by atoms with Crippen molar-refractivity contribution < 1.29 is 9.32 Å². The van der Waals surface area contributed by atoms with Gasteiger partial charge in [0.25, 0.3) is 0 Å². The van der Waals surface area contributed by atoms with Crippen molar-refractivity contribution in [1.29, 1.82) is 0 Å². The summed E-state index contributed by atoms with van der Waals surface area (Å²) in [5, 5.41) is 3.91. The SMILES string of the molecule is Cc1cc(CN2CCN(C(=O)C3CCCC3N)CC2)on1. The third-order valence-corrected chi connectivity index (χ3v) is 4.63. The van der Waals surface area contributed by atoms with E-state index in [2.05, 4.69) is 10.1 Å². The molecule has 6 nitrogen and oxygen atoms in total. The van der Waals surface area contributed by atoms with Crippen LogP contribution in [0.4, 0.5) is 0 Å². The van der Waals surface area contributed by atoms with Gasteiger partial charge in [-0.3, -0.25) is 9.69 Å². The molecule has 2 heterocycles. The fourth-order valence-electron chi connectivity index (χ4n) is 3.37. The molecule has 1 amide bonds. The Balaban J connectivity index is 1.49. The van der Waals surface area contributed by atoms with Gasteiger partial charge in [0.15, 0.2) is 5.76 Å². The van der Waals surface area contributed by atoms with Crippen LogP contribution in [-0.4, -0.2) is 53.1 Å². The first kappa shape index (κ1) is 14.5. The molecule has 0 aromatic carbocycles. The van der Waals surface area contributed by atoms with Crippen LogP contribution in [0.25, 0.3) is 0 Å². The van der Waals surface area contributed by atoms with Crippen molar-refractivity contribution >= 4 is 5.91 Å². The highest BCUT2D eigenvalue weighted by Gasteiger charge is 2.34. The Labute approximate surface area is 125 Å². The minimum atomic E-state index is 0.0495. The maximum atomic E-state index is 12.5. The van der Waals surface area contributed by atoms with Crippen molar-refractivity contribution in [2.45, 2.75) is 38.8 Å². The molecule has 0 bridgehead atoms. The number of piperazine rings is 1. The van der Waals surface area contributed by atoms with E-state index in [-0.39, 0.29) is 17.9 Å². The van der Waals surface area contributed by atoms with Gasteiger partial charge in [0.05, 0.1) is 18.2 Å². The number of aromatic nitrogens is 1. The van der Waals surface area contributed by atoms with Crippen molar-refractivity contribution in [2.75, 3.05) is 26.2 Å². The van der Waals surface area contributed by atoms with E-state index in [1.165, 1.54) is 0 Å². The van der Waals surface area contributed by atoms with Gasteiger partial charge in [-0.05, 0) is 19.8 Å². The number of nitrogens with two attached hydrogens (primary N) is 1. The smallest absolute Gasteiger partial charge is 0.227 e. The van der Waals surface area contributed by atoms with E-state index in [1.807, 2.05) is 17.9 Å². The standard InChI is InChI=1S/C15H24N4O2/c1-11-9-12(21-17-11)10-18-5-7-19(8-6-18)15(20)13-3-2-4-14(13)16/h9,13-14H,2-8,10,16H2,1H3. The first-order valence-electron chi connectivity index (χ1n) is 7.82. The van der Waals surface area contributed by atoms with Crippen molar-refractivity contribution in [2.24, 2.45) is 11.7 Å². The quantitative estimate of drug-likeness (QED) is 0.890. The minimum absolute atomic E-state index is 0.0495. The molecule has 1 saturated carbocycles. The molecule has 2 unspecified atom stereocenters. The number of aryl methyl sites for hydroxylation is 1. The molecule has 1 aliphatic carbocycles. The molecule has 1 aromatic heterocycles. The van der Waals surface area contributed by atoms with Crippen molar-refractivity contribution in [3.8, 4) is 0 Å². The molecule has 2 aliphatic rings. The number of amides is 1. The van der Waals surface area contributed by atoms with Gasteiger partial charge in [0.2, 0.25) is 5.91 Å². The Morgan fingerprint density at radius 3 is 2.71 bits per heavy atom. The molecule has 3 rings (SSSR count). The third-order valence-electron chi connectivity index (χ3n) is 4.63. The lowest BCUT2D eigenvalue weighted by Gasteiger charge is -2.36. The molecule has 2 atom stereocenters. The second kappa shape index (κ2) is 6.15. The number of rotatable bonds is 3. The van der Waals surface area contributed by atoms with E-state index < -0.39 is 0 Å². The second-order valence-electron chi connectivity index (χ2n) is 6.24. The number of nitrogens with zero attached hydrogens (tertiary/aromatic N) is 3. The van der Waals surface area contributed by atoms with E-state index in [0.29, 0.717) is 0 Å². The van der Waals surface area contributed by atoms with Crippen LogP contribution in [0.15, 0.2) is 10.6 Å². The zero-order valence-electron chi connectivity index (χ0n) is 12.6. The zero-order chi connectivity index (χ0) is 14.8. The largest absolute Gasteiger partial charge is 0.360 e. The average Bonchev–Trinajstić information content (AvgIpc) is 3.08. The van der Waals surface area contributed by atoms with Crippen LogP contribution in [0.2, 0.25) is 0 Å². The lowest BCUT2D eigenvalue weighted by atomic mass is 10.0. The van der Waals surface area contributed by atoms with E-state index in [4.69, 9.17) is 10.3 Å². The topological polar surface area (TPSA) is 75.6 Å². The summed E-state index contributed by atoms with van der Waals surface area (Å²) >= 11 is 0. The van der Waals surface area contributed by atoms with Crippen LogP contribution >= 0.6 is 0 Å². The normalized spacial score (nSPS) is 27.2. The summed E-state index contributed by atoms with van der Waals surface area (Å²) in [6, 6.07) is 2.03. The number of hydrogen-bond acceptors (Lipinski definition) is 5. The van der Waals surface area contributed by atoms with E-state index in [9.17, 15) is 4.79 Å². The minimum Gasteiger partial charge on any atom is -0.360 e. The van der Waals surface area contributed by atoms with Crippen LogP contribution in [0.5, 0.6) is 0 Å². The summed E-state index contributed by atoms with van der Waals surface area (Å²) in [5.74, 6) is 1.20. The monoisotopic (exact) mass is 292 g/mol. The number of carbonyl (C=O) groups excluding carboxylic acids is 1. The maximum absolute atomic E-state index is 12.5. The molecule has 1 aliphatic heterocycles. The van der Waals surface area contributed by atoms with Crippen LogP contribution in [0.1, 0.15) is 30.7 Å². The van der Waals surface area contributed by atoms with Crippen molar-refractivity contribution in [1.82, 2.24) is 15.0 Å². The van der Waals surface area contributed by atoms with E-state index in [0.717, 1.165) is 63.4 Å². The van der Waals surface area contributed by atoms with Crippen LogP contribution in [0, 0.1) is 12.8 Å². The van der Waals surface area contributed by atoms with Gasteiger partial charge >= 0.3 is 0 Å². The zero-order valence-corrected chi connectivity index (χ0v) is 12.6. The summed E-state index contributed by atoms with van der Waals surface area (Å²) in [7, 11) is 0. The van der Waals surface area contributed by atoms with Gasteiger partial charge in [-0.2, -0.15) is 0 Å². The summed E-state index contributed by atoms with van der Waals surface area (Å²) in [6.07, 6.45) is 3.03. The first-order chi connectivity index (χ1) is 10.1. The van der Waals surface area contributed by atoms with Gasteiger partial charge in [-0.25, -0.2) is 0 Å². The highest BCUT2D eigenvalue weighted by atomic mass is 16.5.